The highest BCUT2D eigenvalue weighted by Gasteiger charge is 2.08. The highest BCUT2D eigenvalue weighted by molar-refractivity contribution is 9.10. The minimum absolute atomic E-state index is 0.369. The SMILES string of the molecule is N#Cc1cn[nH]c1-c1ccc(Br)c(F)c1. The molecule has 0 fully saturated rings. The molecule has 2 rings (SSSR count). The van der Waals surface area contributed by atoms with E-state index >= 15 is 0 Å². The van der Waals surface area contributed by atoms with Crippen molar-refractivity contribution >= 4 is 15.9 Å². The zero-order valence-electron chi connectivity index (χ0n) is 7.46. The van der Waals surface area contributed by atoms with Crippen LogP contribution in [0.4, 0.5) is 4.39 Å². The van der Waals surface area contributed by atoms with E-state index in [1.165, 1.54) is 12.3 Å². The summed E-state index contributed by atoms with van der Waals surface area (Å²) in [6, 6.07) is 6.63. The van der Waals surface area contributed by atoms with Crippen molar-refractivity contribution in [2.75, 3.05) is 0 Å². The van der Waals surface area contributed by atoms with Gasteiger partial charge in [0.05, 0.1) is 21.9 Å². The van der Waals surface area contributed by atoms with Gasteiger partial charge in [-0.05, 0) is 28.1 Å². The fourth-order valence-corrected chi connectivity index (χ4v) is 1.49. The summed E-state index contributed by atoms with van der Waals surface area (Å²) in [5.74, 6) is -0.369. The van der Waals surface area contributed by atoms with Crippen LogP contribution in [-0.4, -0.2) is 10.2 Å². The summed E-state index contributed by atoms with van der Waals surface area (Å²) in [4.78, 5) is 0. The fourth-order valence-electron chi connectivity index (χ4n) is 1.24. The van der Waals surface area contributed by atoms with Crippen molar-refractivity contribution in [2.45, 2.75) is 0 Å². The third-order valence-electron chi connectivity index (χ3n) is 1.97. The Labute approximate surface area is 93.7 Å². The van der Waals surface area contributed by atoms with Gasteiger partial charge in [-0.15, -0.1) is 0 Å². The molecule has 1 N–H and O–H groups in total. The molecule has 0 aliphatic heterocycles. The Balaban J connectivity index is 2.56. The first-order chi connectivity index (χ1) is 7.22. The number of hydrogen-bond donors (Lipinski definition) is 1. The maximum atomic E-state index is 13.2. The first-order valence-corrected chi connectivity index (χ1v) is 4.90. The van der Waals surface area contributed by atoms with Crippen LogP contribution >= 0.6 is 15.9 Å². The lowest BCUT2D eigenvalue weighted by molar-refractivity contribution is 0.621. The van der Waals surface area contributed by atoms with Gasteiger partial charge in [-0.2, -0.15) is 10.4 Å². The minimum atomic E-state index is -0.369. The van der Waals surface area contributed by atoms with Gasteiger partial charge in [-0.25, -0.2) is 4.39 Å². The van der Waals surface area contributed by atoms with Crippen LogP contribution in [0.5, 0.6) is 0 Å². The molecule has 0 spiro atoms. The van der Waals surface area contributed by atoms with Crippen LogP contribution in [-0.2, 0) is 0 Å². The lowest BCUT2D eigenvalue weighted by atomic mass is 10.1. The lowest BCUT2D eigenvalue weighted by Gasteiger charge is -1.99. The van der Waals surface area contributed by atoms with Crippen molar-refractivity contribution in [1.82, 2.24) is 10.2 Å². The molecule has 0 radical (unpaired) electrons. The van der Waals surface area contributed by atoms with Gasteiger partial charge >= 0.3 is 0 Å². The Kier molecular flexibility index (Phi) is 2.52. The number of nitrogens with zero attached hydrogens (tertiary/aromatic N) is 2. The Hall–Kier alpha value is -1.67. The number of aromatic nitrogens is 2. The van der Waals surface area contributed by atoms with Crippen LogP contribution in [0.15, 0.2) is 28.9 Å². The monoisotopic (exact) mass is 265 g/mol. The quantitative estimate of drug-likeness (QED) is 0.862. The van der Waals surface area contributed by atoms with E-state index in [9.17, 15) is 4.39 Å². The van der Waals surface area contributed by atoms with Gasteiger partial charge in [-0.3, -0.25) is 5.10 Å². The first-order valence-electron chi connectivity index (χ1n) is 4.11. The zero-order valence-corrected chi connectivity index (χ0v) is 9.05. The summed E-state index contributed by atoms with van der Waals surface area (Å²) in [6.45, 7) is 0. The number of hydrogen-bond acceptors (Lipinski definition) is 2. The van der Waals surface area contributed by atoms with E-state index in [-0.39, 0.29) is 5.82 Å². The number of aromatic amines is 1. The second kappa shape index (κ2) is 3.83. The summed E-state index contributed by atoms with van der Waals surface area (Å²) in [6.07, 6.45) is 1.41. The molecule has 0 saturated carbocycles. The van der Waals surface area contributed by atoms with Crippen LogP contribution in [0.3, 0.4) is 0 Å². The number of nitriles is 1. The average molecular weight is 266 g/mol. The third kappa shape index (κ3) is 1.76. The van der Waals surface area contributed by atoms with E-state index in [0.29, 0.717) is 21.3 Å². The normalized spacial score (nSPS) is 9.93. The van der Waals surface area contributed by atoms with Crippen molar-refractivity contribution in [1.29, 1.82) is 5.26 Å². The van der Waals surface area contributed by atoms with Gasteiger partial charge in [0.2, 0.25) is 0 Å². The van der Waals surface area contributed by atoms with E-state index in [2.05, 4.69) is 26.1 Å². The second-order valence-electron chi connectivity index (χ2n) is 2.90. The molecule has 15 heavy (non-hydrogen) atoms. The standard InChI is InChI=1S/C10H5BrFN3/c11-8-2-1-6(3-9(8)12)10-7(4-13)5-14-15-10/h1-3,5H,(H,14,15). The number of H-pyrrole nitrogens is 1. The van der Waals surface area contributed by atoms with Crippen molar-refractivity contribution in [2.24, 2.45) is 0 Å². The largest absolute Gasteiger partial charge is 0.276 e. The maximum absolute atomic E-state index is 13.2. The lowest BCUT2D eigenvalue weighted by Crippen LogP contribution is -1.84. The molecule has 1 heterocycles. The van der Waals surface area contributed by atoms with Crippen LogP contribution in [0.2, 0.25) is 0 Å². The topological polar surface area (TPSA) is 52.5 Å². The van der Waals surface area contributed by atoms with Gasteiger partial charge in [0.1, 0.15) is 11.9 Å². The van der Waals surface area contributed by atoms with Gasteiger partial charge < -0.3 is 0 Å². The van der Waals surface area contributed by atoms with Gasteiger partial charge in [0, 0.05) is 5.56 Å². The zero-order chi connectivity index (χ0) is 10.8. The smallest absolute Gasteiger partial charge is 0.138 e. The van der Waals surface area contributed by atoms with Crippen LogP contribution < -0.4 is 0 Å². The Morgan fingerprint density at radius 3 is 2.93 bits per heavy atom. The Bertz CT molecular complexity index is 542. The molecule has 0 amide bonds. The third-order valence-corrected chi connectivity index (χ3v) is 2.61. The molecule has 0 unspecified atom stereocenters. The minimum Gasteiger partial charge on any atom is -0.276 e. The summed E-state index contributed by atoms with van der Waals surface area (Å²) in [5.41, 5.74) is 1.53. The van der Waals surface area contributed by atoms with Gasteiger partial charge in [0.25, 0.3) is 0 Å². The second-order valence-corrected chi connectivity index (χ2v) is 3.75. The molecule has 0 bridgehead atoms. The van der Waals surface area contributed by atoms with E-state index in [4.69, 9.17) is 5.26 Å². The predicted molar refractivity (Wildman–Crippen MR) is 56.4 cm³/mol. The highest BCUT2D eigenvalue weighted by Crippen LogP contribution is 2.24. The van der Waals surface area contributed by atoms with Crippen molar-refractivity contribution in [3.05, 3.63) is 40.2 Å². The average Bonchev–Trinajstić information content (AvgIpc) is 2.70. The number of halogens is 2. The first kappa shape index (κ1) is 9.87. The molecule has 0 atom stereocenters. The maximum Gasteiger partial charge on any atom is 0.138 e. The van der Waals surface area contributed by atoms with Crippen molar-refractivity contribution in [3.63, 3.8) is 0 Å². The van der Waals surface area contributed by atoms with E-state index in [1.807, 2.05) is 6.07 Å². The summed E-state index contributed by atoms with van der Waals surface area (Å²) in [7, 11) is 0. The summed E-state index contributed by atoms with van der Waals surface area (Å²) in [5, 5.41) is 15.2. The molecule has 0 aliphatic rings. The number of benzene rings is 1. The molecular weight excluding hydrogens is 261 g/mol. The van der Waals surface area contributed by atoms with Crippen molar-refractivity contribution < 1.29 is 4.39 Å². The van der Waals surface area contributed by atoms with E-state index in [0.717, 1.165) is 0 Å². The molecular formula is C10H5BrFN3. The van der Waals surface area contributed by atoms with Gasteiger partial charge in [0.15, 0.2) is 0 Å². The highest BCUT2D eigenvalue weighted by atomic mass is 79.9. The number of nitrogens with one attached hydrogen (secondary N) is 1. The predicted octanol–water partition coefficient (Wildman–Crippen LogP) is 2.85. The molecule has 1 aromatic heterocycles. The van der Waals surface area contributed by atoms with Crippen LogP contribution in [0.25, 0.3) is 11.3 Å². The molecule has 0 saturated heterocycles. The summed E-state index contributed by atoms with van der Waals surface area (Å²) >= 11 is 3.06. The molecule has 74 valence electrons. The Morgan fingerprint density at radius 2 is 2.27 bits per heavy atom. The summed E-state index contributed by atoms with van der Waals surface area (Å²) < 4.78 is 13.6. The molecule has 0 aliphatic carbocycles. The van der Waals surface area contributed by atoms with Crippen molar-refractivity contribution in [3.8, 4) is 17.3 Å². The molecule has 3 nitrogen and oxygen atoms in total. The molecule has 1 aromatic carbocycles. The fraction of sp³-hybridized carbons (Fsp3) is 0. The van der Waals surface area contributed by atoms with Crippen LogP contribution in [0, 0.1) is 17.1 Å². The number of rotatable bonds is 1. The van der Waals surface area contributed by atoms with Gasteiger partial charge in [-0.1, -0.05) is 6.07 Å². The molecule has 2 aromatic rings. The molecule has 5 heteroatoms. The van der Waals surface area contributed by atoms with Crippen LogP contribution in [0.1, 0.15) is 5.56 Å². The van der Waals surface area contributed by atoms with E-state index < -0.39 is 0 Å². The Morgan fingerprint density at radius 1 is 1.47 bits per heavy atom. The van der Waals surface area contributed by atoms with E-state index in [1.54, 1.807) is 12.1 Å².